The molecule has 174 valence electrons. The van der Waals surface area contributed by atoms with Crippen LogP contribution in [0, 0.1) is 0 Å². The molecule has 0 aliphatic carbocycles. The molecule has 7 heteroatoms. The van der Waals surface area contributed by atoms with E-state index in [1.807, 2.05) is 45.0 Å². The molecular formula is C24H39NO5Si. The van der Waals surface area contributed by atoms with E-state index in [4.69, 9.17) is 13.9 Å². The van der Waals surface area contributed by atoms with Gasteiger partial charge in [0.25, 0.3) is 0 Å². The molecule has 2 atom stereocenters. The van der Waals surface area contributed by atoms with Crippen LogP contribution in [0.5, 0.6) is 5.75 Å². The third-order valence-corrected chi connectivity index (χ3v) is 10.3. The summed E-state index contributed by atoms with van der Waals surface area (Å²) in [6, 6.07) is 7.77. The lowest BCUT2D eigenvalue weighted by Gasteiger charge is -2.36. The molecule has 1 fully saturated rings. The van der Waals surface area contributed by atoms with Crippen LogP contribution in [0.3, 0.4) is 0 Å². The number of esters is 1. The van der Waals surface area contributed by atoms with Crippen LogP contribution in [0.15, 0.2) is 24.3 Å². The Hall–Kier alpha value is -2.02. The molecule has 6 nitrogen and oxygen atoms in total. The van der Waals surface area contributed by atoms with E-state index >= 15 is 0 Å². The van der Waals surface area contributed by atoms with Gasteiger partial charge in [-0.3, -0.25) is 4.79 Å². The Morgan fingerprint density at radius 1 is 1.06 bits per heavy atom. The number of carbonyl (C=O) groups excluding carboxylic acids is 2. The summed E-state index contributed by atoms with van der Waals surface area (Å²) in [6.45, 7) is 18.5. The Kier molecular flexibility index (Phi) is 7.51. The fourth-order valence-electron chi connectivity index (χ4n) is 3.35. The van der Waals surface area contributed by atoms with Gasteiger partial charge < -0.3 is 18.8 Å². The monoisotopic (exact) mass is 449 g/mol. The van der Waals surface area contributed by atoms with E-state index in [2.05, 4.69) is 33.9 Å². The van der Waals surface area contributed by atoms with Crippen molar-refractivity contribution in [3.05, 3.63) is 29.8 Å². The molecule has 1 aliphatic heterocycles. The Morgan fingerprint density at radius 2 is 1.65 bits per heavy atom. The minimum absolute atomic E-state index is 0.126. The van der Waals surface area contributed by atoms with E-state index in [1.165, 1.54) is 6.92 Å². The van der Waals surface area contributed by atoms with Gasteiger partial charge in [-0.15, -0.1) is 0 Å². The molecule has 0 aromatic heterocycles. The highest BCUT2D eigenvalue weighted by atomic mass is 28.4. The molecule has 31 heavy (non-hydrogen) atoms. The van der Waals surface area contributed by atoms with Gasteiger partial charge in [0.15, 0.2) is 0 Å². The predicted octanol–water partition coefficient (Wildman–Crippen LogP) is 5.55. The second kappa shape index (κ2) is 9.23. The Morgan fingerprint density at radius 3 is 2.13 bits per heavy atom. The van der Waals surface area contributed by atoms with E-state index in [-0.39, 0.29) is 29.2 Å². The number of ether oxygens (including phenoxy) is 2. The van der Waals surface area contributed by atoms with E-state index in [0.717, 1.165) is 11.3 Å². The van der Waals surface area contributed by atoms with Crippen molar-refractivity contribution in [1.29, 1.82) is 0 Å². The van der Waals surface area contributed by atoms with Crippen LogP contribution in [0.2, 0.25) is 18.1 Å². The van der Waals surface area contributed by atoms with Crippen molar-refractivity contribution in [2.75, 3.05) is 6.54 Å². The third kappa shape index (κ3) is 6.99. The number of hydrogen-bond donors (Lipinski definition) is 0. The summed E-state index contributed by atoms with van der Waals surface area (Å²) in [6.07, 6.45) is 0.478. The Labute approximate surface area is 188 Å². The van der Waals surface area contributed by atoms with Crippen LogP contribution < -0.4 is 4.43 Å². The Balaban J connectivity index is 2.17. The van der Waals surface area contributed by atoms with Crippen molar-refractivity contribution in [1.82, 2.24) is 4.90 Å². The number of nitrogens with zero attached hydrogens (tertiary/aromatic N) is 1. The number of rotatable bonds is 5. The van der Waals surface area contributed by atoms with Gasteiger partial charge >= 0.3 is 12.1 Å². The van der Waals surface area contributed by atoms with Crippen molar-refractivity contribution in [2.45, 2.75) is 97.2 Å². The van der Waals surface area contributed by atoms with Crippen molar-refractivity contribution in [3.8, 4) is 5.75 Å². The maximum absolute atomic E-state index is 12.7. The highest BCUT2D eigenvalue weighted by Crippen LogP contribution is 2.37. The topological polar surface area (TPSA) is 65.1 Å². The molecule has 0 unspecified atom stereocenters. The molecule has 1 aromatic carbocycles. The van der Waals surface area contributed by atoms with Crippen molar-refractivity contribution in [2.24, 2.45) is 0 Å². The fourth-order valence-corrected chi connectivity index (χ4v) is 4.38. The van der Waals surface area contributed by atoms with Gasteiger partial charge in [-0.25, -0.2) is 4.79 Å². The second-order valence-corrected chi connectivity index (χ2v) is 15.6. The van der Waals surface area contributed by atoms with Crippen molar-refractivity contribution >= 4 is 20.4 Å². The average molecular weight is 450 g/mol. The maximum Gasteiger partial charge on any atom is 0.410 e. The van der Waals surface area contributed by atoms with Gasteiger partial charge in [-0.2, -0.15) is 0 Å². The second-order valence-electron chi connectivity index (χ2n) is 10.9. The standard InChI is InChI=1S/C24H39NO5Si/c1-17(26)28-21-14-15-25(22(27)29-23(2,3)4)20(21)16-18-10-12-19(13-11-18)30-31(8,9)24(5,6)7/h10-13,20-21H,14-16H2,1-9H3/t20-,21-/m1/s1. The van der Waals surface area contributed by atoms with Crippen LogP contribution in [0.4, 0.5) is 4.79 Å². The SMILES string of the molecule is CC(=O)O[C@@H]1CCN(C(=O)OC(C)(C)C)[C@@H]1Cc1ccc(O[Si](C)(C)C(C)(C)C)cc1. The molecular weight excluding hydrogens is 410 g/mol. The maximum atomic E-state index is 12.7. The van der Waals surface area contributed by atoms with Gasteiger partial charge in [-0.05, 0) is 63.0 Å². The molecule has 1 amide bonds. The van der Waals surface area contributed by atoms with Gasteiger partial charge in [0, 0.05) is 19.9 Å². The first kappa shape index (κ1) is 25.2. The lowest BCUT2D eigenvalue weighted by Crippen LogP contribution is -2.44. The van der Waals surface area contributed by atoms with Crippen LogP contribution in [-0.2, 0) is 20.7 Å². The summed E-state index contributed by atoms with van der Waals surface area (Å²) in [5, 5.41) is 0.126. The zero-order chi connectivity index (χ0) is 23.6. The highest BCUT2D eigenvalue weighted by molar-refractivity contribution is 6.74. The van der Waals surface area contributed by atoms with Crippen LogP contribution in [-0.4, -0.2) is 49.6 Å². The number of benzene rings is 1. The zero-order valence-electron chi connectivity index (χ0n) is 20.6. The van der Waals surface area contributed by atoms with Gasteiger partial charge in [-0.1, -0.05) is 32.9 Å². The summed E-state index contributed by atoms with van der Waals surface area (Å²) in [5.74, 6) is 0.529. The van der Waals surface area contributed by atoms with Gasteiger partial charge in [0.2, 0.25) is 8.32 Å². The Bertz CT molecular complexity index is 777. The fraction of sp³-hybridized carbons (Fsp3) is 0.667. The summed E-state index contributed by atoms with van der Waals surface area (Å²) < 4.78 is 17.5. The van der Waals surface area contributed by atoms with E-state index in [9.17, 15) is 9.59 Å². The van der Waals surface area contributed by atoms with Gasteiger partial charge in [0.05, 0.1) is 6.04 Å². The summed E-state index contributed by atoms with van der Waals surface area (Å²) in [7, 11) is -1.90. The minimum Gasteiger partial charge on any atom is -0.544 e. The largest absolute Gasteiger partial charge is 0.544 e. The van der Waals surface area contributed by atoms with E-state index in [0.29, 0.717) is 19.4 Å². The molecule has 0 N–H and O–H groups in total. The van der Waals surface area contributed by atoms with Crippen molar-refractivity contribution < 1.29 is 23.5 Å². The summed E-state index contributed by atoms with van der Waals surface area (Å²) in [4.78, 5) is 26.0. The van der Waals surface area contributed by atoms with Crippen molar-refractivity contribution in [3.63, 3.8) is 0 Å². The molecule has 0 radical (unpaired) electrons. The molecule has 1 heterocycles. The number of hydrogen-bond acceptors (Lipinski definition) is 5. The lowest BCUT2D eigenvalue weighted by atomic mass is 10.0. The molecule has 0 spiro atoms. The van der Waals surface area contributed by atoms with E-state index < -0.39 is 13.9 Å². The zero-order valence-corrected chi connectivity index (χ0v) is 21.6. The molecule has 0 bridgehead atoms. The smallest absolute Gasteiger partial charge is 0.410 e. The minimum atomic E-state index is -1.90. The van der Waals surface area contributed by atoms with E-state index in [1.54, 1.807) is 4.90 Å². The number of amides is 1. The molecule has 1 aromatic rings. The lowest BCUT2D eigenvalue weighted by molar-refractivity contribution is -0.147. The number of carbonyl (C=O) groups is 2. The number of likely N-dealkylation sites (tertiary alicyclic amines) is 1. The average Bonchev–Trinajstić information content (AvgIpc) is 2.95. The molecule has 1 saturated heterocycles. The molecule has 0 saturated carbocycles. The first-order valence-corrected chi connectivity index (χ1v) is 13.9. The van der Waals surface area contributed by atoms with Crippen LogP contribution in [0.25, 0.3) is 0 Å². The summed E-state index contributed by atoms with van der Waals surface area (Å²) in [5.41, 5.74) is 0.476. The quantitative estimate of drug-likeness (QED) is 0.435. The highest BCUT2D eigenvalue weighted by Gasteiger charge is 2.41. The molecule has 2 rings (SSSR count). The molecule has 1 aliphatic rings. The predicted molar refractivity (Wildman–Crippen MR) is 125 cm³/mol. The normalized spacial score (nSPS) is 19.8. The summed E-state index contributed by atoms with van der Waals surface area (Å²) >= 11 is 0. The first-order valence-electron chi connectivity index (χ1n) is 11.0. The van der Waals surface area contributed by atoms with Crippen LogP contribution in [0.1, 0.15) is 60.5 Å². The van der Waals surface area contributed by atoms with Gasteiger partial charge in [0.1, 0.15) is 17.5 Å². The first-order chi connectivity index (χ1) is 14.1. The van der Waals surface area contributed by atoms with Crippen LogP contribution >= 0.6 is 0 Å². The third-order valence-electron chi connectivity index (χ3n) is 5.98.